The summed E-state index contributed by atoms with van der Waals surface area (Å²) in [5, 5.41) is 0. The molecule has 2 rings (SSSR count). The van der Waals surface area contributed by atoms with Crippen LogP contribution >= 0.6 is 0 Å². The summed E-state index contributed by atoms with van der Waals surface area (Å²) < 4.78 is 1.36. The second-order valence-corrected chi connectivity index (χ2v) is 5.55. The third-order valence-electron chi connectivity index (χ3n) is 3.12. The molecule has 0 bridgehead atoms. The van der Waals surface area contributed by atoms with Crippen molar-refractivity contribution in [1.29, 1.82) is 0 Å². The Kier molecular flexibility index (Phi) is 3.38. The molecule has 1 aromatic carbocycles. The zero-order chi connectivity index (χ0) is 14.0. The van der Waals surface area contributed by atoms with E-state index in [1.54, 1.807) is 30.5 Å². The van der Waals surface area contributed by atoms with Gasteiger partial charge in [0.25, 0.3) is 5.91 Å². The highest BCUT2D eigenvalue weighted by Crippen LogP contribution is 2.22. The van der Waals surface area contributed by atoms with Crippen molar-refractivity contribution in [3.8, 4) is 0 Å². The van der Waals surface area contributed by atoms with Gasteiger partial charge >= 0.3 is 0 Å². The minimum atomic E-state index is -0.187. The van der Waals surface area contributed by atoms with Crippen LogP contribution in [-0.4, -0.2) is 16.8 Å². The Morgan fingerprint density at radius 2 is 1.74 bits per heavy atom. The van der Waals surface area contributed by atoms with Crippen LogP contribution in [0.5, 0.6) is 0 Å². The van der Waals surface area contributed by atoms with Crippen molar-refractivity contribution in [2.45, 2.75) is 26.2 Å². The van der Waals surface area contributed by atoms with Crippen LogP contribution in [0.1, 0.15) is 47.2 Å². The van der Waals surface area contributed by atoms with Gasteiger partial charge in [-0.05, 0) is 35.2 Å². The van der Waals surface area contributed by atoms with E-state index in [4.69, 9.17) is 0 Å². The zero-order valence-electron chi connectivity index (χ0n) is 11.4. The van der Waals surface area contributed by atoms with Gasteiger partial charge in [-0.1, -0.05) is 32.9 Å². The summed E-state index contributed by atoms with van der Waals surface area (Å²) in [5.41, 5.74) is 2.17. The topological polar surface area (TPSA) is 39.1 Å². The van der Waals surface area contributed by atoms with E-state index in [9.17, 15) is 9.59 Å². The number of rotatable bonds is 2. The fraction of sp³-hybridized carbons (Fsp3) is 0.250. The van der Waals surface area contributed by atoms with Crippen molar-refractivity contribution < 1.29 is 9.59 Å². The molecular weight excluding hydrogens is 238 g/mol. The average Bonchev–Trinajstić information content (AvgIpc) is 2.85. The fourth-order valence-electron chi connectivity index (χ4n) is 1.93. The maximum atomic E-state index is 12.3. The lowest BCUT2D eigenvalue weighted by molar-refractivity contribution is 0.0947. The fourth-order valence-corrected chi connectivity index (χ4v) is 1.93. The van der Waals surface area contributed by atoms with Crippen molar-refractivity contribution in [2.75, 3.05) is 0 Å². The maximum Gasteiger partial charge on any atom is 0.262 e. The van der Waals surface area contributed by atoms with Crippen LogP contribution in [0.2, 0.25) is 0 Å². The molecule has 1 aromatic heterocycles. The smallest absolute Gasteiger partial charge is 0.262 e. The first kappa shape index (κ1) is 13.3. The lowest BCUT2D eigenvalue weighted by Gasteiger charge is -2.19. The number of carbonyl (C=O) groups excluding carboxylic acids is 2. The molecule has 0 saturated heterocycles. The summed E-state index contributed by atoms with van der Waals surface area (Å²) in [6.07, 6.45) is 2.28. The Morgan fingerprint density at radius 3 is 2.26 bits per heavy atom. The average molecular weight is 255 g/mol. The van der Waals surface area contributed by atoms with Gasteiger partial charge in [0.2, 0.25) is 0 Å². The molecular formula is C16H17NO2. The minimum Gasteiger partial charge on any atom is -0.296 e. The van der Waals surface area contributed by atoms with Crippen molar-refractivity contribution in [2.24, 2.45) is 0 Å². The van der Waals surface area contributed by atoms with Crippen molar-refractivity contribution in [3.63, 3.8) is 0 Å². The van der Waals surface area contributed by atoms with E-state index in [0.717, 1.165) is 0 Å². The van der Waals surface area contributed by atoms with Gasteiger partial charge in [0.15, 0.2) is 6.29 Å². The van der Waals surface area contributed by atoms with Crippen LogP contribution in [-0.2, 0) is 5.41 Å². The molecule has 2 aromatic rings. The van der Waals surface area contributed by atoms with Gasteiger partial charge in [-0.25, -0.2) is 0 Å². The lowest BCUT2D eigenvalue weighted by Crippen LogP contribution is -2.15. The van der Waals surface area contributed by atoms with E-state index in [1.807, 2.05) is 12.1 Å². The first-order chi connectivity index (χ1) is 8.93. The predicted molar refractivity (Wildman–Crippen MR) is 74.7 cm³/mol. The van der Waals surface area contributed by atoms with Crippen molar-refractivity contribution in [3.05, 3.63) is 59.4 Å². The SMILES string of the molecule is CC(C)(C)c1ccc(C(=O)n2cccc2C=O)cc1. The second-order valence-electron chi connectivity index (χ2n) is 5.55. The standard InChI is InChI=1S/C16H17NO2/c1-16(2,3)13-8-6-12(7-9-13)15(19)17-10-4-5-14(17)11-18/h4-11H,1-3H3. The molecule has 19 heavy (non-hydrogen) atoms. The van der Waals surface area contributed by atoms with E-state index in [2.05, 4.69) is 20.8 Å². The molecule has 98 valence electrons. The number of hydrogen-bond acceptors (Lipinski definition) is 2. The largest absolute Gasteiger partial charge is 0.296 e. The van der Waals surface area contributed by atoms with E-state index < -0.39 is 0 Å². The Morgan fingerprint density at radius 1 is 1.11 bits per heavy atom. The first-order valence-corrected chi connectivity index (χ1v) is 6.21. The summed E-state index contributed by atoms with van der Waals surface area (Å²) >= 11 is 0. The summed E-state index contributed by atoms with van der Waals surface area (Å²) in [7, 11) is 0. The quantitative estimate of drug-likeness (QED) is 0.772. The number of benzene rings is 1. The van der Waals surface area contributed by atoms with Crippen LogP contribution < -0.4 is 0 Å². The predicted octanol–water partition coefficient (Wildman–Crippen LogP) is 3.29. The molecule has 0 aliphatic carbocycles. The van der Waals surface area contributed by atoms with Gasteiger partial charge in [-0.3, -0.25) is 14.2 Å². The Hall–Kier alpha value is -2.16. The van der Waals surface area contributed by atoms with Gasteiger partial charge in [0, 0.05) is 11.8 Å². The second kappa shape index (κ2) is 4.84. The summed E-state index contributed by atoms with van der Waals surface area (Å²) in [5.74, 6) is -0.187. The molecule has 0 spiro atoms. The van der Waals surface area contributed by atoms with E-state index in [1.165, 1.54) is 10.1 Å². The number of aromatic nitrogens is 1. The van der Waals surface area contributed by atoms with Crippen molar-refractivity contribution >= 4 is 12.2 Å². The van der Waals surface area contributed by atoms with Gasteiger partial charge in [0.1, 0.15) is 0 Å². The third-order valence-corrected chi connectivity index (χ3v) is 3.12. The molecule has 0 saturated carbocycles. The van der Waals surface area contributed by atoms with Crippen molar-refractivity contribution in [1.82, 2.24) is 4.57 Å². The molecule has 1 heterocycles. The van der Waals surface area contributed by atoms with Gasteiger partial charge < -0.3 is 0 Å². The van der Waals surface area contributed by atoms with Gasteiger partial charge in [-0.15, -0.1) is 0 Å². The number of carbonyl (C=O) groups is 2. The molecule has 0 radical (unpaired) electrons. The van der Waals surface area contributed by atoms with E-state index in [-0.39, 0.29) is 11.3 Å². The monoisotopic (exact) mass is 255 g/mol. The minimum absolute atomic E-state index is 0.0585. The maximum absolute atomic E-state index is 12.3. The van der Waals surface area contributed by atoms with Crippen LogP contribution in [0, 0.1) is 0 Å². The third kappa shape index (κ3) is 2.65. The molecule has 0 N–H and O–H groups in total. The zero-order valence-corrected chi connectivity index (χ0v) is 11.4. The number of nitrogens with zero attached hydrogens (tertiary/aromatic N) is 1. The van der Waals surface area contributed by atoms with Crippen LogP contribution in [0.4, 0.5) is 0 Å². The summed E-state index contributed by atoms with van der Waals surface area (Å²) in [4.78, 5) is 23.1. The molecule has 0 unspecified atom stereocenters. The van der Waals surface area contributed by atoms with Crippen LogP contribution in [0.15, 0.2) is 42.6 Å². The molecule has 0 fully saturated rings. The summed E-state index contributed by atoms with van der Waals surface area (Å²) in [6, 6.07) is 10.8. The molecule has 3 nitrogen and oxygen atoms in total. The highest BCUT2D eigenvalue weighted by Gasteiger charge is 2.15. The Bertz CT molecular complexity index is 600. The van der Waals surface area contributed by atoms with Crippen LogP contribution in [0.3, 0.4) is 0 Å². The molecule has 0 aliphatic heterocycles. The lowest BCUT2D eigenvalue weighted by atomic mass is 9.87. The van der Waals surface area contributed by atoms with Gasteiger partial charge in [-0.2, -0.15) is 0 Å². The highest BCUT2D eigenvalue weighted by molar-refractivity contribution is 5.98. The Labute approximate surface area is 112 Å². The van der Waals surface area contributed by atoms with E-state index >= 15 is 0 Å². The van der Waals surface area contributed by atoms with Gasteiger partial charge in [0.05, 0.1) is 5.69 Å². The first-order valence-electron chi connectivity index (χ1n) is 6.21. The molecule has 0 aliphatic rings. The molecule has 0 amide bonds. The number of hydrogen-bond donors (Lipinski definition) is 0. The van der Waals surface area contributed by atoms with Crippen LogP contribution in [0.25, 0.3) is 0 Å². The normalized spacial score (nSPS) is 11.3. The molecule has 3 heteroatoms. The Balaban J connectivity index is 2.33. The highest BCUT2D eigenvalue weighted by atomic mass is 16.2. The molecule has 0 atom stereocenters. The van der Waals surface area contributed by atoms with E-state index in [0.29, 0.717) is 17.5 Å². The summed E-state index contributed by atoms with van der Waals surface area (Å²) in [6.45, 7) is 6.38. The number of aldehydes is 1.